The first kappa shape index (κ1) is 10.5. The molecule has 2 aromatic heterocycles. The van der Waals surface area contributed by atoms with E-state index in [1.54, 1.807) is 16.8 Å². The van der Waals surface area contributed by atoms with E-state index in [2.05, 4.69) is 9.97 Å². The van der Waals surface area contributed by atoms with Crippen LogP contribution >= 0.6 is 0 Å². The molecule has 0 radical (unpaired) electrons. The fraction of sp³-hybridized carbons (Fsp3) is 0.400. The van der Waals surface area contributed by atoms with Gasteiger partial charge in [0.15, 0.2) is 6.23 Å². The molecule has 7 heteroatoms. The molecule has 2 aromatic rings. The highest BCUT2D eigenvalue weighted by molar-refractivity contribution is 5.86. The summed E-state index contributed by atoms with van der Waals surface area (Å²) in [7, 11) is 0. The maximum absolute atomic E-state index is 9.79. The lowest BCUT2D eigenvalue weighted by Crippen LogP contribution is -2.27. The van der Waals surface area contributed by atoms with Crippen molar-refractivity contribution in [1.29, 1.82) is 0 Å². The Hall–Kier alpha value is -1.70. The molecule has 3 atom stereocenters. The summed E-state index contributed by atoms with van der Waals surface area (Å²) < 4.78 is 6.98. The van der Waals surface area contributed by atoms with Gasteiger partial charge in [-0.05, 0) is 6.07 Å². The first-order valence-corrected chi connectivity index (χ1v) is 5.23. The maximum Gasteiger partial charge on any atom is 0.163 e. The number of nitrogens with two attached hydrogens (primary N) is 1. The van der Waals surface area contributed by atoms with E-state index in [9.17, 15) is 10.2 Å². The number of aliphatic hydroxyl groups excluding tert-OH is 2. The van der Waals surface area contributed by atoms with E-state index in [1.807, 2.05) is 0 Å². The highest BCUT2D eigenvalue weighted by Crippen LogP contribution is 2.28. The number of aliphatic hydroxyl groups is 2. The first-order chi connectivity index (χ1) is 8.18. The average molecular weight is 236 g/mol. The highest BCUT2D eigenvalue weighted by atomic mass is 16.5. The number of nitrogen functional groups attached to an aromatic ring is 1. The molecular weight excluding hydrogens is 224 g/mol. The number of hydrogen-bond acceptors (Lipinski definition) is 6. The molecule has 4 N–H and O–H groups in total. The topological polar surface area (TPSA) is 106 Å². The maximum atomic E-state index is 9.79. The number of anilines is 1. The fourth-order valence-electron chi connectivity index (χ4n) is 2.03. The van der Waals surface area contributed by atoms with Crippen molar-refractivity contribution in [3.8, 4) is 0 Å². The summed E-state index contributed by atoms with van der Waals surface area (Å²) in [6, 6.07) is 1.76. The summed E-state index contributed by atoms with van der Waals surface area (Å²) in [4.78, 5) is 7.99. The average Bonchev–Trinajstić information content (AvgIpc) is 2.86. The fourth-order valence-corrected chi connectivity index (χ4v) is 2.03. The van der Waals surface area contributed by atoms with Crippen molar-refractivity contribution >= 4 is 16.9 Å². The summed E-state index contributed by atoms with van der Waals surface area (Å²) in [6.45, 7) is 0.103. The molecule has 17 heavy (non-hydrogen) atoms. The van der Waals surface area contributed by atoms with Crippen molar-refractivity contribution < 1.29 is 14.9 Å². The Labute approximate surface area is 96.5 Å². The summed E-state index contributed by atoms with van der Waals surface area (Å²) in [5.74, 6) is 0.377. The Kier molecular flexibility index (Phi) is 2.25. The molecular formula is C10H12N4O3. The minimum absolute atomic E-state index is 0.103. The van der Waals surface area contributed by atoms with Gasteiger partial charge in [-0.2, -0.15) is 0 Å². The zero-order valence-corrected chi connectivity index (χ0v) is 8.89. The largest absolute Gasteiger partial charge is 0.388 e. The standard InChI is InChI=1S/C10H12N4O3/c11-8-5-1-2-14(9(5)13-4-12-8)10-7(16)6(15)3-17-10/h1-2,4,6-7,10,15-16H,3H2,(H2,11,12,13). The molecule has 0 aromatic carbocycles. The van der Waals surface area contributed by atoms with Gasteiger partial charge >= 0.3 is 0 Å². The van der Waals surface area contributed by atoms with Gasteiger partial charge in [0.1, 0.15) is 30.0 Å². The van der Waals surface area contributed by atoms with E-state index in [0.29, 0.717) is 16.9 Å². The molecule has 1 saturated heterocycles. The van der Waals surface area contributed by atoms with E-state index in [4.69, 9.17) is 10.5 Å². The van der Waals surface area contributed by atoms with Crippen molar-refractivity contribution in [1.82, 2.24) is 14.5 Å². The minimum atomic E-state index is -0.971. The van der Waals surface area contributed by atoms with E-state index < -0.39 is 18.4 Å². The molecule has 3 unspecified atom stereocenters. The van der Waals surface area contributed by atoms with Crippen molar-refractivity contribution in [2.45, 2.75) is 18.4 Å². The SMILES string of the molecule is Nc1ncnc2c1ccn2C1OCC(O)C1O. The van der Waals surface area contributed by atoms with E-state index in [1.165, 1.54) is 6.33 Å². The summed E-state index contributed by atoms with van der Waals surface area (Å²) >= 11 is 0. The Morgan fingerprint density at radius 1 is 1.41 bits per heavy atom. The van der Waals surface area contributed by atoms with Gasteiger partial charge in [0.25, 0.3) is 0 Å². The van der Waals surface area contributed by atoms with Crippen LogP contribution in [0.2, 0.25) is 0 Å². The van der Waals surface area contributed by atoms with Gasteiger partial charge in [-0.25, -0.2) is 9.97 Å². The number of ether oxygens (including phenoxy) is 1. The molecule has 7 nitrogen and oxygen atoms in total. The molecule has 90 valence electrons. The van der Waals surface area contributed by atoms with Gasteiger partial charge in [-0.1, -0.05) is 0 Å². The van der Waals surface area contributed by atoms with Crippen LogP contribution in [0.15, 0.2) is 18.6 Å². The van der Waals surface area contributed by atoms with Crippen LogP contribution in [0.5, 0.6) is 0 Å². The molecule has 3 rings (SSSR count). The van der Waals surface area contributed by atoms with Crippen LogP contribution in [-0.4, -0.2) is 43.6 Å². The highest BCUT2D eigenvalue weighted by Gasteiger charge is 2.36. The van der Waals surface area contributed by atoms with E-state index in [-0.39, 0.29) is 6.61 Å². The lowest BCUT2D eigenvalue weighted by molar-refractivity contribution is -0.0159. The van der Waals surface area contributed by atoms with E-state index in [0.717, 1.165) is 0 Å². The molecule has 0 aliphatic carbocycles. The van der Waals surface area contributed by atoms with Gasteiger partial charge in [0.05, 0.1) is 12.0 Å². The van der Waals surface area contributed by atoms with Gasteiger partial charge in [0, 0.05) is 6.20 Å². The number of hydrogen-bond donors (Lipinski definition) is 3. The molecule has 0 bridgehead atoms. The Bertz CT molecular complexity index is 555. The second-order valence-electron chi connectivity index (χ2n) is 4.00. The quantitative estimate of drug-likeness (QED) is 0.602. The Morgan fingerprint density at radius 3 is 2.94 bits per heavy atom. The lowest BCUT2D eigenvalue weighted by atomic mass is 10.2. The zero-order valence-electron chi connectivity index (χ0n) is 8.89. The van der Waals surface area contributed by atoms with Crippen LogP contribution in [0.1, 0.15) is 6.23 Å². The lowest BCUT2D eigenvalue weighted by Gasteiger charge is -2.17. The van der Waals surface area contributed by atoms with Crippen molar-refractivity contribution in [2.24, 2.45) is 0 Å². The molecule has 3 heterocycles. The molecule has 0 spiro atoms. The smallest absolute Gasteiger partial charge is 0.163 e. The Morgan fingerprint density at radius 2 is 2.24 bits per heavy atom. The third-order valence-electron chi connectivity index (χ3n) is 2.94. The number of nitrogens with zero attached hydrogens (tertiary/aromatic N) is 3. The predicted octanol–water partition coefficient (Wildman–Crippen LogP) is -0.736. The van der Waals surface area contributed by atoms with E-state index >= 15 is 0 Å². The number of fused-ring (bicyclic) bond motifs is 1. The Balaban J connectivity index is 2.10. The molecule has 1 aliphatic rings. The number of aromatic nitrogens is 3. The second kappa shape index (κ2) is 3.66. The van der Waals surface area contributed by atoms with Crippen LogP contribution < -0.4 is 5.73 Å². The minimum Gasteiger partial charge on any atom is -0.388 e. The third kappa shape index (κ3) is 1.47. The van der Waals surface area contributed by atoms with Crippen LogP contribution in [-0.2, 0) is 4.74 Å². The zero-order chi connectivity index (χ0) is 12.0. The van der Waals surface area contributed by atoms with Crippen molar-refractivity contribution in [2.75, 3.05) is 12.3 Å². The van der Waals surface area contributed by atoms with Gasteiger partial charge in [-0.3, -0.25) is 0 Å². The van der Waals surface area contributed by atoms with Crippen LogP contribution in [0.25, 0.3) is 11.0 Å². The third-order valence-corrected chi connectivity index (χ3v) is 2.94. The molecule has 0 amide bonds. The van der Waals surface area contributed by atoms with Gasteiger partial charge in [-0.15, -0.1) is 0 Å². The van der Waals surface area contributed by atoms with Crippen LogP contribution in [0.4, 0.5) is 5.82 Å². The second-order valence-corrected chi connectivity index (χ2v) is 4.00. The first-order valence-electron chi connectivity index (χ1n) is 5.23. The predicted molar refractivity (Wildman–Crippen MR) is 58.9 cm³/mol. The summed E-state index contributed by atoms with van der Waals surface area (Å²) in [5.41, 5.74) is 6.29. The molecule has 1 aliphatic heterocycles. The molecule has 0 saturated carbocycles. The number of rotatable bonds is 1. The monoisotopic (exact) mass is 236 g/mol. The van der Waals surface area contributed by atoms with Crippen molar-refractivity contribution in [3.63, 3.8) is 0 Å². The summed E-state index contributed by atoms with van der Waals surface area (Å²) in [5, 5.41) is 19.9. The summed E-state index contributed by atoms with van der Waals surface area (Å²) in [6.07, 6.45) is 0.573. The van der Waals surface area contributed by atoms with Gasteiger partial charge in [0.2, 0.25) is 0 Å². The van der Waals surface area contributed by atoms with Crippen LogP contribution in [0, 0.1) is 0 Å². The molecule has 1 fully saturated rings. The van der Waals surface area contributed by atoms with Crippen LogP contribution in [0.3, 0.4) is 0 Å². The normalized spacial score (nSPS) is 28.9. The van der Waals surface area contributed by atoms with Gasteiger partial charge < -0.3 is 25.3 Å². The van der Waals surface area contributed by atoms with Crippen molar-refractivity contribution in [3.05, 3.63) is 18.6 Å².